The van der Waals surface area contributed by atoms with E-state index in [2.05, 4.69) is 31.4 Å². The zero-order valence-electron chi connectivity index (χ0n) is 10.5. The molecule has 1 saturated carbocycles. The summed E-state index contributed by atoms with van der Waals surface area (Å²) in [6.45, 7) is 0.713. The van der Waals surface area contributed by atoms with Crippen molar-refractivity contribution in [2.75, 3.05) is 5.32 Å². The average molecular weight is 324 g/mol. The number of nitrogens with zero attached hydrogens (tertiary/aromatic N) is 4. The van der Waals surface area contributed by atoms with Gasteiger partial charge in [-0.15, -0.1) is 0 Å². The van der Waals surface area contributed by atoms with Gasteiger partial charge in [-0.25, -0.2) is 4.68 Å². The Kier molecular flexibility index (Phi) is 3.14. The Balaban J connectivity index is 1.85. The van der Waals surface area contributed by atoms with Crippen molar-refractivity contribution in [3.63, 3.8) is 0 Å². The van der Waals surface area contributed by atoms with Gasteiger partial charge >= 0.3 is 0 Å². The van der Waals surface area contributed by atoms with E-state index in [9.17, 15) is 4.79 Å². The Morgan fingerprint density at radius 1 is 1.42 bits per heavy atom. The van der Waals surface area contributed by atoms with Gasteiger partial charge in [-0.2, -0.15) is 10.2 Å². The number of halogens is 1. The molecular formula is C12H14BrN5O. The van der Waals surface area contributed by atoms with Gasteiger partial charge in [0, 0.05) is 19.8 Å². The van der Waals surface area contributed by atoms with E-state index in [0.717, 1.165) is 5.69 Å². The van der Waals surface area contributed by atoms with Gasteiger partial charge in [-0.05, 0) is 34.7 Å². The van der Waals surface area contributed by atoms with E-state index in [-0.39, 0.29) is 5.56 Å². The maximum Gasteiger partial charge on any atom is 0.283 e. The van der Waals surface area contributed by atoms with Crippen LogP contribution in [0.4, 0.5) is 11.4 Å². The topological polar surface area (TPSA) is 64.7 Å². The fourth-order valence-corrected chi connectivity index (χ4v) is 2.27. The van der Waals surface area contributed by atoms with Crippen molar-refractivity contribution < 1.29 is 0 Å². The quantitative estimate of drug-likeness (QED) is 0.933. The smallest absolute Gasteiger partial charge is 0.283 e. The van der Waals surface area contributed by atoms with Crippen molar-refractivity contribution in [3.05, 3.63) is 33.4 Å². The number of anilines is 2. The van der Waals surface area contributed by atoms with E-state index in [1.807, 2.05) is 13.2 Å². The van der Waals surface area contributed by atoms with Crippen LogP contribution in [0.1, 0.15) is 12.8 Å². The summed E-state index contributed by atoms with van der Waals surface area (Å²) in [6.07, 6.45) is 7.59. The van der Waals surface area contributed by atoms with Crippen LogP contribution >= 0.6 is 15.9 Å². The van der Waals surface area contributed by atoms with Crippen LogP contribution in [-0.2, 0) is 13.6 Å². The van der Waals surface area contributed by atoms with Crippen LogP contribution in [0.15, 0.2) is 27.9 Å². The fraction of sp³-hybridized carbons (Fsp3) is 0.417. The van der Waals surface area contributed by atoms with Crippen LogP contribution in [0.25, 0.3) is 0 Å². The molecule has 2 heterocycles. The number of hydrogen-bond acceptors (Lipinski definition) is 4. The van der Waals surface area contributed by atoms with E-state index in [4.69, 9.17) is 0 Å². The molecule has 1 aliphatic rings. The summed E-state index contributed by atoms with van der Waals surface area (Å²) in [6, 6.07) is 0. The van der Waals surface area contributed by atoms with Crippen LogP contribution < -0.4 is 10.9 Å². The molecule has 0 aromatic carbocycles. The van der Waals surface area contributed by atoms with Gasteiger partial charge in [0.05, 0.1) is 23.8 Å². The second kappa shape index (κ2) is 4.80. The van der Waals surface area contributed by atoms with Gasteiger partial charge in [0.15, 0.2) is 0 Å². The Bertz CT molecular complexity index is 658. The molecule has 0 spiro atoms. The van der Waals surface area contributed by atoms with E-state index in [1.165, 1.54) is 17.5 Å². The first-order valence-electron chi connectivity index (χ1n) is 6.15. The lowest BCUT2D eigenvalue weighted by molar-refractivity contribution is 0.532. The van der Waals surface area contributed by atoms with Gasteiger partial charge < -0.3 is 5.32 Å². The Morgan fingerprint density at radius 3 is 2.84 bits per heavy atom. The third-order valence-corrected chi connectivity index (χ3v) is 3.86. The van der Waals surface area contributed by atoms with Crippen molar-refractivity contribution in [2.24, 2.45) is 13.0 Å². The van der Waals surface area contributed by atoms with Crippen molar-refractivity contribution in [1.82, 2.24) is 19.6 Å². The van der Waals surface area contributed by atoms with E-state index < -0.39 is 0 Å². The molecule has 1 N–H and O–H groups in total. The van der Waals surface area contributed by atoms with Crippen LogP contribution in [0, 0.1) is 5.92 Å². The summed E-state index contributed by atoms with van der Waals surface area (Å²) in [5.74, 6) is 0.620. The zero-order valence-corrected chi connectivity index (χ0v) is 12.1. The molecular weight excluding hydrogens is 310 g/mol. The maximum absolute atomic E-state index is 12.1. The summed E-state index contributed by atoms with van der Waals surface area (Å²) < 4.78 is 3.72. The van der Waals surface area contributed by atoms with Gasteiger partial charge in [0.1, 0.15) is 4.47 Å². The molecule has 0 aliphatic heterocycles. The Morgan fingerprint density at radius 2 is 2.21 bits per heavy atom. The average Bonchev–Trinajstić information content (AvgIpc) is 3.11. The predicted molar refractivity (Wildman–Crippen MR) is 75.4 cm³/mol. The number of nitrogens with one attached hydrogen (secondary N) is 1. The largest absolute Gasteiger partial charge is 0.351 e. The number of rotatable bonds is 4. The van der Waals surface area contributed by atoms with Crippen LogP contribution in [0.3, 0.4) is 0 Å². The molecule has 0 bridgehead atoms. The monoisotopic (exact) mass is 323 g/mol. The zero-order chi connectivity index (χ0) is 13.4. The van der Waals surface area contributed by atoms with Gasteiger partial charge in [-0.3, -0.25) is 9.48 Å². The van der Waals surface area contributed by atoms with Crippen LogP contribution in [-0.4, -0.2) is 19.6 Å². The summed E-state index contributed by atoms with van der Waals surface area (Å²) in [5.41, 5.74) is 1.38. The Labute approximate surface area is 118 Å². The first-order valence-corrected chi connectivity index (χ1v) is 6.94. The van der Waals surface area contributed by atoms with E-state index >= 15 is 0 Å². The molecule has 2 aromatic heterocycles. The maximum atomic E-state index is 12.1. The molecule has 1 aliphatic carbocycles. The molecule has 3 rings (SSSR count). The van der Waals surface area contributed by atoms with Crippen LogP contribution in [0.2, 0.25) is 0 Å². The highest BCUT2D eigenvalue weighted by molar-refractivity contribution is 9.10. The highest BCUT2D eigenvalue weighted by Gasteiger charge is 2.23. The molecule has 7 heteroatoms. The molecule has 100 valence electrons. The molecule has 0 saturated heterocycles. The second-order valence-corrected chi connectivity index (χ2v) is 5.62. The van der Waals surface area contributed by atoms with Crippen molar-refractivity contribution in [1.29, 1.82) is 0 Å². The first kappa shape index (κ1) is 12.4. The lowest BCUT2D eigenvalue weighted by atomic mass is 10.4. The molecule has 2 aromatic rings. The molecule has 6 nitrogen and oxygen atoms in total. The van der Waals surface area contributed by atoms with E-state index in [0.29, 0.717) is 22.6 Å². The van der Waals surface area contributed by atoms with Crippen molar-refractivity contribution >= 4 is 27.3 Å². The third-order valence-electron chi connectivity index (χ3n) is 3.10. The standard InChI is InChI=1S/C12H14BrN5O/c1-17-7-9(4-14-17)16-10-5-15-18(6-8-2-3-8)12(19)11(10)13/h4-5,7-8,16H,2-3,6H2,1H3. The van der Waals surface area contributed by atoms with Gasteiger partial charge in [0.25, 0.3) is 5.56 Å². The third kappa shape index (κ3) is 2.70. The minimum absolute atomic E-state index is 0.0965. The molecule has 0 atom stereocenters. The summed E-state index contributed by atoms with van der Waals surface area (Å²) in [5, 5.41) is 11.4. The van der Waals surface area contributed by atoms with Gasteiger partial charge in [-0.1, -0.05) is 0 Å². The lowest BCUT2D eigenvalue weighted by Gasteiger charge is -2.08. The van der Waals surface area contributed by atoms with Crippen molar-refractivity contribution in [3.8, 4) is 0 Å². The van der Waals surface area contributed by atoms with Gasteiger partial charge in [0.2, 0.25) is 0 Å². The molecule has 0 amide bonds. The summed E-state index contributed by atoms with van der Waals surface area (Å²) >= 11 is 3.34. The van der Waals surface area contributed by atoms with Crippen molar-refractivity contribution in [2.45, 2.75) is 19.4 Å². The molecule has 1 fully saturated rings. The highest BCUT2D eigenvalue weighted by atomic mass is 79.9. The SMILES string of the molecule is Cn1cc(Nc2cnn(CC3CC3)c(=O)c2Br)cn1. The number of aryl methyl sites for hydroxylation is 1. The van der Waals surface area contributed by atoms with Crippen LogP contribution in [0.5, 0.6) is 0 Å². The van der Waals surface area contributed by atoms with E-state index in [1.54, 1.807) is 17.1 Å². The molecule has 19 heavy (non-hydrogen) atoms. The second-order valence-electron chi connectivity index (χ2n) is 4.83. The lowest BCUT2D eigenvalue weighted by Crippen LogP contribution is -2.24. The fourth-order valence-electron chi connectivity index (χ4n) is 1.87. The summed E-state index contributed by atoms with van der Waals surface area (Å²) in [7, 11) is 1.84. The number of hydrogen-bond donors (Lipinski definition) is 1. The number of aromatic nitrogens is 4. The molecule has 0 unspecified atom stereocenters. The normalized spacial score (nSPS) is 14.6. The predicted octanol–water partition coefficient (Wildman–Crippen LogP) is 1.89. The Hall–Kier alpha value is -1.63. The minimum atomic E-state index is -0.0965. The highest BCUT2D eigenvalue weighted by Crippen LogP contribution is 2.30. The minimum Gasteiger partial charge on any atom is -0.351 e. The summed E-state index contributed by atoms with van der Waals surface area (Å²) in [4.78, 5) is 12.1. The first-order chi connectivity index (χ1) is 9.13. The molecule has 0 radical (unpaired) electrons.